The van der Waals surface area contributed by atoms with Crippen LogP contribution in [0.1, 0.15) is 52.4 Å². The smallest absolute Gasteiger partial charge is 0.550 e. The predicted octanol–water partition coefficient (Wildman–Crippen LogP) is 1.80. The largest absolute Gasteiger partial charge is 2.00 e. The summed E-state index contributed by atoms with van der Waals surface area (Å²) >= 11 is 11.2. The van der Waals surface area contributed by atoms with Crippen molar-refractivity contribution in [2.45, 2.75) is 63.1 Å². The molecule has 0 amide bonds. The van der Waals surface area contributed by atoms with Crippen molar-refractivity contribution < 1.29 is 19.8 Å². The van der Waals surface area contributed by atoms with Gasteiger partial charge in [-0.05, 0) is 12.8 Å². The summed E-state index contributed by atoms with van der Waals surface area (Å²) in [7, 11) is 0. The third kappa shape index (κ3) is 27.4. The van der Waals surface area contributed by atoms with Crippen LogP contribution in [-0.4, -0.2) is 60.4 Å². The number of carboxylic acid groups (broad SMARTS) is 2. The minimum absolute atomic E-state index is 0. The van der Waals surface area contributed by atoms with Crippen LogP contribution >= 0.6 is 23.2 Å². The molecule has 0 saturated heterocycles. The SMILES string of the molecule is CCC/C=C/C(Cl)CC(=O)[O-].CCC/C=C/C(Cl)CC(=O)[O-].[Ca+2]. The molecule has 0 aliphatic heterocycles. The van der Waals surface area contributed by atoms with Crippen molar-refractivity contribution in [1.82, 2.24) is 0 Å². The van der Waals surface area contributed by atoms with E-state index in [0.717, 1.165) is 25.7 Å². The van der Waals surface area contributed by atoms with Crippen molar-refractivity contribution in [2.24, 2.45) is 0 Å². The van der Waals surface area contributed by atoms with E-state index >= 15 is 0 Å². The first-order valence-corrected chi connectivity index (χ1v) is 8.21. The Bertz CT molecular complexity index is 326. The molecule has 0 N–H and O–H groups in total. The van der Waals surface area contributed by atoms with Gasteiger partial charge in [0.25, 0.3) is 0 Å². The van der Waals surface area contributed by atoms with Gasteiger partial charge in [-0.2, -0.15) is 0 Å². The van der Waals surface area contributed by atoms with Crippen molar-refractivity contribution >= 4 is 72.9 Å². The van der Waals surface area contributed by atoms with Crippen molar-refractivity contribution in [3.8, 4) is 0 Å². The third-order valence-electron chi connectivity index (χ3n) is 2.32. The summed E-state index contributed by atoms with van der Waals surface area (Å²) in [6.07, 6.45) is 10.9. The molecule has 0 fully saturated rings. The molecule has 0 aromatic carbocycles. The first-order chi connectivity index (χ1) is 10.3. The van der Waals surface area contributed by atoms with E-state index in [1.165, 1.54) is 0 Å². The van der Waals surface area contributed by atoms with Gasteiger partial charge in [-0.3, -0.25) is 0 Å². The number of carbonyl (C=O) groups excluding carboxylic acids is 2. The Labute approximate surface area is 178 Å². The Morgan fingerprint density at radius 2 is 1.17 bits per heavy atom. The number of alkyl halides is 2. The van der Waals surface area contributed by atoms with Gasteiger partial charge >= 0.3 is 37.7 Å². The van der Waals surface area contributed by atoms with Crippen molar-refractivity contribution in [3.05, 3.63) is 24.3 Å². The molecule has 0 bridgehead atoms. The van der Waals surface area contributed by atoms with E-state index in [2.05, 4.69) is 0 Å². The van der Waals surface area contributed by atoms with Gasteiger partial charge in [0.05, 0.1) is 10.8 Å². The summed E-state index contributed by atoms with van der Waals surface area (Å²) in [6, 6.07) is 0. The summed E-state index contributed by atoms with van der Waals surface area (Å²) in [5.74, 6) is -2.21. The molecule has 2 unspecified atom stereocenters. The number of unbranched alkanes of at least 4 members (excludes halogenated alkanes) is 2. The molecule has 0 aromatic heterocycles. The van der Waals surface area contributed by atoms with Crippen molar-refractivity contribution in [2.75, 3.05) is 0 Å². The van der Waals surface area contributed by atoms with Crippen molar-refractivity contribution in [3.63, 3.8) is 0 Å². The number of carboxylic acids is 2. The number of allylic oxidation sites excluding steroid dienone is 4. The molecule has 0 radical (unpaired) electrons. The summed E-state index contributed by atoms with van der Waals surface area (Å²) in [5.41, 5.74) is 0. The first-order valence-electron chi connectivity index (χ1n) is 7.34. The Hall–Kier alpha value is 0.260. The number of carbonyl (C=O) groups is 2. The molecular weight excluding hydrogens is 367 g/mol. The van der Waals surface area contributed by atoms with Crippen LogP contribution in [0, 0.1) is 0 Å². The number of aliphatic carboxylic acids is 2. The number of hydrogen-bond donors (Lipinski definition) is 0. The van der Waals surface area contributed by atoms with E-state index in [4.69, 9.17) is 23.2 Å². The maximum Gasteiger partial charge on any atom is 2.00 e. The molecule has 0 saturated carbocycles. The molecule has 0 aliphatic carbocycles. The van der Waals surface area contributed by atoms with Crippen molar-refractivity contribution in [1.29, 1.82) is 0 Å². The summed E-state index contributed by atoms with van der Waals surface area (Å²) in [4.78, 5) is 20.0. The Balaban J connectivity index is -0.000000333. The van der Waals surface area contributed by atoms with Gasteiger partial charge < -0.3 is 19.8 Å². The molecule has 2 atom stereocenters. The van der Waals surface area contributed by atoms with Gasteiger partial charge in [-0.1, -0.05) is 51.0 Å². The zero-order valence-electron chi connectivity index (χ0n) is 13.8. The van der Waals surface area contributed by atoms with Crippen LogP contribution in [0.5, 0.6) is 0 Å². The molecule has 0 heterocycles. The van der Waals surface area contributed by atoms with Crippen LogP contribution in [0.25, 0.3) is 0 Å². The molecule has 0 spiro atoms. The van der Waals surface area contributed by atoms with Gasteiger partial charge in [-0.15, -0.1) is 23.2 Å². The molecule has 0 aliphatic rings. The fourth-order valence-corrected chi connectivity index (χ4v) is 1.73. The van der Waals surface area contributed by atoms with Crippen LogP contribution in [0.3, 0.4) is 0 Å². The number of rotatable bonds is 10. The average Bonchev–Trinajstić information content (AvgIpc) is 2.38. The Morgan fingerprint density at radius 3 is 1.39 bits per heavy atom. The third-order valence-corrected chi connectivity index (χ3v) is 2.92. The van der Waals surface area contributed by atoms with E-state index in [-0.39, 0.29) is 50.6 Å². The van der Waals surface area contributed by atoms with Gasteiger partial charge in [0, 0.05) is 24.8 Å². The minimum atomic E-state index is -1.11. The van der Waals surface area contributed by atoms with Gasteiger partial charge in [0.1, 0.15) is 0 Å². The molecule has 4 nitrogen and oxygen atoms in total. The normalized spacial score (nSPS) is 13.0. The standard InChI is InChI=1S/2C8H13ClO2.Ca/c2*1-2-3-4-5-7(9)6-8(10)11;/h2*4-5,7H,2-3,6H2,1H3,(H,10,11);/q;;+2/p-2/b2*5-4+;. The molecule has 128 valence electrons. The quantitative estimate of drug-likeness (QED) is 0.323. The summed E-state index contributed by atoms with van der Waals surface area (Å²) < 4.78 is 0. The summed E-state index contributed by atoms with van der Waals surface area (Å²) in [6.45, 7) is 4.10. The maximum atomic E-state index is 10.0. The van der Waals surface area contributed by atoms with Gasteiger partial charge in [-0.25, -0.2) is 0 Å². The Kier molecular flexibility index (Phi) is 24.8. The van der Waals surface area contributed by atoms with Gasteiger partial charge in [0.2, 0.25) is 0 Å². The average molecular weight is 391 g/mol. The second kappa shape index (κ2) is 20.3. The molecule has 23 heavy (non-hydrogen) atoms. The second-order valence-corrected chi connectivity index (χ2v) is 5.74. The second-order valence-electron chi connectivity index (χ2n) is 4.62. The van der Waals surface area contributed by atoms with Gasteiger partial charge in [0.15, 0.2) is 0 Å². The maximum absolute atomic E-state index is 10.0. The topological polar surface area (TPSA) is 80.3 Å². The first kappa shape index (κ1) is 28.1. The van der Waals surface area contributed by atoms with E-state index < -0.39 is 22.7 Å². The van der Waals surface area contributed by atoms with E-state index in [0.29, 0.717) is 0 Å². The Morgan fingerprint density at radius 1 is 0.870 bits per heavy atom. The van der Waals surface area contributed by atoms with Crippen LogP contribution < -0.4 is 10.2 Å². The number of halogens is 2. The van der Waals surface area contributed by atoms with Crippen LogP contribution in [0.15, 0.2) is 24.3 Å². The number of hydrogen-bond acceptors (Lipinski definition) is 4. The van der Waals surface area contributed by atoms with Crippen LogP contribution in [0.4, 0.5) is 0 Å². The zero-order valence-corrected chi connectivity index (χ0v) is 17.5. The van der Waals surface area contributed by atoms with Crippen LogP contribution in [-0.2, 0) is 9.59 Å². The molecular formula is C16H24CaCl2O4. The van der Waals surface area contributed by atoms with E-state index in [1.54, 1.807) is 12.2 Å². The monoisotopic (exact) mass is 390 g/mol. The molecule has 0 rings (SSSR count). The minimum Gasteiger partial charge on any atom is -0.550 e. The summed E-state index contributed by atoms with van der Waals surface area (Å²) in [5, 5.41) is 19.2. The fraction of sp³-hybridized carbons (Fsp3) is 0.625. The predicted molar refractivity (Wildman–Crippen MR) is 92.4 cm³/mol. The molecule has 0 aromatic rings. The van der Waals surface area contributed by atoms with E-state index in [9.17, 15) is 19.8 Å². The fourth-order valence-electron chi connectivity index (χ4n) is 1.28. The molecule has 7 heteroatoms. The van der Waals surface area contributed by atoms with Crippen LogP contribution in [0.2, 0.25) is 0 Å². The zero-order chi connectivity index (χ0) is 17.4. The van der Waals surface area contributed by atoms with E-state index in [1.807, 2.05) is 26.0 Å².